The molecule has 7 nitrogen and oxygen atoms in total. The lowest BCUT2D eigenvalue weighted by Gasteiger charge is -2.28. The standard InChI is InChI=1S/C14H25N3O4/c1-4-10(2)17(9-14(20)21)8-13(19)16(3)7-12(18)15-11-5-6-11/h10-11H,4-9H2,1-3H3,(H,15,18)(H,20,21). The van der Waals surface area contributed by atoms with Crippen LogP contribution in [0.3, 0.4) is 0 Å². The van der Waals surface area contributed by atoms with Gasteiger partial charge in [0.2, 0.25) is 11.8 Å². The van der Waals surface area contributed by atoms with Crippen LogP contribution in [0.2, 0.25) is 0 Å². The lowest BCUT2D eigenvalue weighted by molar-refractivity contribution is -0.141. The van der Waals surface area contributed by atoms with Gasteiger partial charge in [-0.1, -0.05) is 6.92 Å². The third-order valence-corrected chi connectivity index (χ3v) is 3.64. The van der Waals surface area contributed by atoms with E-state index in [4.69, 9.17) is 5.11 Å². The van der Waals surface area contributed by atoms with Crippen molar-refractivity contribution in [3.8, 4) is 0 Å². The van der Waals surface area contributed by atoms with E-state index in [2.05, 4.69) is 5.32 Å². The predicted octanol–water partition coefficient (Wildman–Crippen LogP) is -0.0915. The highest BCUT2D eigenvalue weighted by Crippen LogP contribution is 2.18. The first-order valence-electron chi connectivity index (χ1n) is 7.32. The van der Waals surface area contributed by atoms with Gasteiger partial charge in [-0.2, -0.15) is 0 Å². The molecule has 0 heterocycles. The number of amides is 2. The zero-order valence-electron chi connectivity index (χ0n) is 13.0. The first kappa shape index (κ1) is 17.4. The van der Waals surface area contributed by atoms with Crippen molar-refractivity contribution in [3.05, 3.63) is 0 Å². The smallest absolute Gasteiger partial charge is 0.317 e. The molecule has 1 atom stereocenters. The summed E-state index contributed by atoms with van der Waals surface area (Å²) in [6, 6.07) is 0.267. The Morgan fingerprint density at radius 3 is 2.33 bits per heavy atom. The van der Waals surface area contributed by atoms with Crippen LogP contribution in [0.1, 0.15) is 33.1 Å². The number of carbonyl (C=O) groups excluding carboxylic acids is 2. The zero-order chi connectivity index (χ0) is 16.0. The summed E-state index contributed by atoms with van der Waals surface area (Å²) < 4.78 is 0. The highest BCUT2D eigenvalue weighted by molar-refractivity contribution is 5.86. The molecule has 1 rings (SSSR count). The van der Waals surface area contributed by atoms with E-state index in [1.165, 1.54) is 4.90 Å². The second kappa shape index (κ2) is 7.97. The number of hydrogen-bond donors (Lipinski definition) is 2. The highest BCUT2D eigenvalue weighted by atomic mass is 16.4. The van der Waals surface area contributed by atoms with Crippen molar-refractivity contribution in [3.63, 3.8) is 0 Å². The third-order valence-electron chi connectivity index (χ3n) is 3.64. The van der Waals surface area contributed by atoms with Crippen LogP contribution in [0, 0.1) is 0 Å². The van der Waals surface area contributed by atoms with E-state index in [1.807, 2.05) is 13.8 Å². The number of aliphatic carboxylic acids is 1. The van der Waals surface area contributed by atoms with Crippen LogP contribution in [0.4, 0.5) is 0 Å². The van der Waals surface area contributed by atoms with Crippen LogP contribution < -0.4 is 5.32 Å². The average molecular weight is 299 g/mol. The Morgan fingerprint density at radius 2 is 1.86 bits per heavy atom. The van der Waals surface area contributed by atoms with Gasteiger partial charge in [0, 0.05) is 19.1 Å². The molecular weight excluding hydrogens is 274 g/mol. The normalized spacial score (nSPS) is 15.6. The topological polar surface area (TPSA) is 90.0 Å². The van der Waals surface area contributed by atoms with E-state index < -0.39 is 5.97 Å². The molecule has 0 bridgehead atoms. The van der Waals surface area contributed by atoms with Gasteiger partial charge in [0.25, 0.3) is 0 Å². The third kappa shape index (κ3) is 6.57. The zero-order valence-corrected chi connectivity index (χ0v) is 13.0. The van der Waals surface area contributed by atoms with Gasteiger partial charge in [-0.15, -0.1) is 0 Å². The Labute approximate surface area is 125 Å². The summed E-state index contributed by atoms with van der Waals surface area (Å²) in [6.45, 7) is 3.67. The fourth-order valence-electron chi connectivity index (χ4n) is 1.90. The molecular formula is C14H25N3O4. The predicted molar refractivity (Wildman–Crippen MR) is 77.8 cm³/mol. The summed E-state index contributed by atoms with van der Waals surface area (Å²) >= 11 is 0. The van der Waals surface area contributed by atoms with Gasteiger partial charge < -0.3 is 15.3 Å². The molecule has 0 aromatic rings. The largest absolute Gasteiger partial charge is 0.480 e. The lowest BCUT2D eigenvalue weighted by atomic mass is 10.2. The van der Waals surface area contributed by atoms with Gasteiger partial charge in [0.05, 0.1) is 19.6 Å². The number of carboxylic acid groups (broad SMARTS) is 1. The van der Waals surface area contributed by atoms with Crippen LogP contribution in [0.15, 0.2) is 0 Å². The fraction of sp³-hybridized carbons (Fsp3) is 0.786. The van der Waals surface area contributed by atoms with E-state index in [1.54, 1.807) is 11.9 Å². The van der Waals surface area contributed by atoms with Gasteiger partial charge in [-0.05, 0) is 26.2 Å². The number of carbonyl (C=O) groups is 3. The summed E-state index contributed by atoms with van der Waals surface area (Å²) in [6.07, 6.45) is 2.76. The molecule has 1 saturated carbocycles. The molecule has 1 unspecified atom stereocenters. The van der Waals surface area contributed by atoms with E-state index in [0.29, 0.717) is 0 Å². The Morgan fingerprint density at radius 1 is 1.24 bits per heavy atom. The molecule has 0 aromatic heterocycles. The van der Waals surface area contributed by atoms with Crippen molar-refractivity contribution in [1.82, 2.24) is 15.1 Å². The molecule has 0 spiro atoms. The molecule has 0 radical (unpaired) electrons. The van der Waals surface area contributed by atoms with Crippen LogP contribution in [0.25, 0.3) is 0 Å². The second-order valence-electron chi connectivity index (χ2n) is 5.65. The van der Waals surface area contributed by atoms with Crippen LogP contribution in [-0.2, 0) is 14.4 Å². The summed E-state index contributed by atoms with van der Waals surface area (Å²) in [4.78, 5) is 37.6. The van der Waals surface area contributed by atoms with Crippen molar-refractivity contribution in [2.24, 2.45) is 0 Å². The first-order chi connectivity index (χ1) is 9.83. The molecule has 0 aliphatic heterocycles. The monoisotopic (exact) mass is 299 g/mol. The molecule has 7 heteroatoms. The Kier molecular flexibility index (Phi) is 6.61. The van der Waals surface area contributed by atoms with Gasteiger partial charge in [0.1, 0.15) is 0 Å². The van der Waals surface area contributed by atoms with E-state index in [9.17, 15) is 14.4 Å². The number of carboxylic acids is 1. The van der Waals surface area contributed by atoms with E-state index in [-0.39, 0.29) is 43.5 Å². The SMILES string of the molecule is CCC(C)N(CC(=O)O)CC(=O)N(C)CC(=O)NC1CC1. The highest BCUT2D eigenvalue weighted by Gasteiger charge is 2.25. The maximum atomic E-state index is 12.1. The molecule has 0 saturated heterocycles. The Hall–Kier alpha value is -1.63. The van der Waals surface area contributed by atoms with Gasteiger partial charge in [-0.25, -0.2) is 0 Å². The number of hydrogen-bond acceptors (Lipinski definition) is 4. The van der Waals surface area contributed by atoms with Gasteiger partial charge >= 0.3 is 5.97 Å². The minimum Gasteiger partial charge on any atom is -0.480 e. The molecule has 1 aliphatic carbocycles. The molecule has 1 aliphatic rings. The van der Waals surface area contributed by atoms with Gasteiger partial charge in [0.15, 0.2) is 0 Å². The van der Waals surface area contributed by atoms with Crippen LogP contribution in [0.5, 0.6) is 0 Å². The van der Waals surface area contributed by atoms with Crippen LogP contribution >= 0.6 is 0 Å². The lowest BCUT2D eigenvalue weighted by Crippen LogP contribution is -2.47. The molecule has 2 amide bonds. The van der Waals surface area contributed by atoms with Crippen LogP contribution in [-0.4, -0.2) is 71.5 Å². The minimum atomic E-state index is -0.961. The number of nitrogens with zero attached hydrogens (tertiary/aromatic N) is 2. The average Bonchev–Trinajstić information content (AvgIpc) is 3.19. The van der Waals surface area contributed by atoms with Gasteiger partial charge in [-0.3, -0.25) is 19.3 Å². The maximum Gasteiger partial charge on any atom is 0.317 e. The Bertz CT molecular complexity index is 396. The molecule has 120 valence electrons. The number of rotatable bonds is 9. The minimum absolute atomic E-state index is 0.00117. The number of likely N-dealkylation sites (N-methyl/N-ethyl adjacent to an activating group) is 1. The van der Waals surface area contributed by atoms with E-state index in [0.717, 1.165) is 19.3 Å². The number of nitrogens with one attached hydrogen (secondary N) is 1. The van der Waals surface area contributed by atoms with Crippen molar-refractivity contribution in [2.75, 3.05) is 26.7 Å². The summed E-state index contributed by atoms with van der Waals surface area (Å²) in [5, 5.41) is 11.7. The summed E-state index contributed by atoms with van der Waals surface area (Å²) in [7, 11) is 1.56. The summed E-state index contributed by atoms with van der Waals surface area (Å²) in [5.41, 5.74) is 0. The fourth-order valence-corrected chi connectivity index (χ4v) is 1.90. The molecule has 2 N–H and O–H groups in total. The van der Waals surface area contributed by atoms with E-state index >= 15 is 0 Å². The van der Waals surface area contributed by atoms with Crippen molar-refractivity contribution >= 4 is 17.8 Å². The quantitative estimate of drug-likeness (QED) is 0.621. The summed E-state index contributed by atoms with van der Waals surface area (Å²) in [5.74, 6) is -1.37. The molecule has 21 heavy (non-hydrogen) atoms. The molecule has 1 fully saturated rings. The maximum absolute atomic E-state index is 12.1. The van der Waals surface area contributed by atoms with Crippen molar-refractivity contribution < 1.29 is 19.5 Å². The first-order valence-corrected chi connectivity index (χ1v) is 7.32. The second-order valence-corrected chi connectivity index (χ2v) is 5.65. The Balaban J connectivity index is 2.46. The molecule has 0 aromatic carbocycles. The van der Waals surface area contributed by atoms with Crippen molar-refractivity contribution in [1.29, 1.82) is 0 Å². The van der Waals surface area contributed by atoms with Crippen molar-refractivity contribution in [2.45, 2.75) is 45.2 Å².